The van der Waals surface area contributed by atoms with Gasteiger partial charge in [-0.25, -0.2) is 14.8 Å². The van der Waals surface area contributed by atoms with E-state index in [1.54, 1.807) is 55.6 Å². The molecule has 0 saturated carbocycles. The van der Waals surface area contributed by atoms with Crippen molar-refractivity contribution >= 4 is 70.3 Å². The number of rotatable bonds is 15. The third-order valence-corrected chi connectivity index (χ3v) is 7.30. The number of fused-ring (bicyclic) bond motifs is 1. The number of imidazole rings is 1. The van der Waals surface area contributed by atoms with Crippen molar-refractivity contribution in [2.75, 3.05) is 30.0 Å². The molecule has 0 bridgehead atoms. The summed E-state index contributed by atoms with van der Waals surface area (Å²) in [6.07, 6.45) is 4.99. The Morgan fingerprint density at radius 2 is 1.74 bits per heavy atom. The van der Waals surface area contributed by atoms with Crippen LogP contribution in [-0.2, 0) is 27.9 Å². The minimum absolute atomic E-state index is 0. The number of carbonyl (C=O) groups is 3. The number of nitrogens with two attached hydrogens (primary N) is 1. The second kappa shape index (κ2) is 18.6. The van der Waals surface area contributed by atoms with Gasteiger partial charge in [-0.3, -0.25) is 14.5 Å². The van der Waals surface area contributed by atoms with Gasteiger partial charge in [0.2, 0.25) is 0 Å². The van der Waals surface area contributed by atoms with Gasteiger partial charge in [-0.05, 0) is 67.9 Å². The molecular weight excluding hydrogens is 713 g/mol. The van der Waals surface area contributed by atoms with E-state index < -0.39 is 6.09 Å². The fourth-order valence-corrected chi connectivity index (χ4v) is 4.79. The number of nitrogens with one attached hydrogen (secondary N) is 1. The SMILES string of the molecule is CCCCCCOC(=O)/N=C(/N)c1ccc(NCc2nc3cc(C(=O)N(CCC(=O)OCC)c4ccccn4)ccc3n2C)cc1.I. The molecule has 4 aromatic rings. The lowest BCUT2D eigenvalue weighted by Crippen LogP contribution is -2.34. The molecule has 250 valence electrons. The summed E-state index contributed by atoms with van der Waals surface area (Å²) in [6, 6.07) is 17.9. The van der Waals surface area contributed by atoms with Crippen LogP contribution >= 0.6 is 24.0 Å². The zero-order valence-electron chi connectivity index (χ0n) is 27.0. The molecule has 2 aromatic carbocycles. The van der Waals surface area contributed by atoms with Crippen molar-refractivity contribution in [2.24, 2.45) is 17.8 Å². The van der Waals surface area contributed by atoms with Crippen molar-refractivity contribution < 1.29 is 23.9 Å². The standard InChI is InChI=1S/C34H41N7O5.HI/c1-4-6-7-10-21-46-34(44)39-32(35)24-12-15-26(16-13-24)37-23-30-38-27-22-25(14-17-28(27)40(30)3)33(43)41(20-18-31(42)45-5-2)29-11-8-9-19-36-29;/h8-9,11-17,19,22,37H,4-7,10,18,20-21,23H2,1-3H3,(H2,35,39,44);1H. The predicted molar refractivity (Wildman–Crippen MR) is 193 cm³/mol. The van der Waals surface area contributed by atoms with Crippen molar-refractivity contribution in [3.63, 3.8) is 0 Å². The molecule has 2 aromatic heterocycles. The first-order valence-corrected chi connectivity index (χ1v) is 15.5. The first-order chi connectivity index (χ1) is 22.3. The van der Waals surface area contributed by atoms with Crippen LogP contribution in [0.4, 0.5) is 16.3 Å². The largest absolute Gasteiger partial charge is 0.466 e. The summed E-state index contributed by atoms with van der Waals surface area (Å²) in [5.74, 6) is 0.620. The molecule has 0 unspecified atom stereocenters. The Hall–Kier alpha value is -4.53. The molecule has 0 saturated heterocycles. The number of halogens is 1. The number of nitrogens with zero attached hydrogens (tertiary/aromatic N) is 5. The number of esters is 1. The van der Waals surface area contributed by atoms with Gasteiger partial charge in [0.1, 0.15) is 17.5 Å². The van der Waals surface area contributed by atoms with E-state index in [0.29, 0.717) is 35.6 Å². The van der Waals surface area contributed by atoms with Gasteiger partial charge in [0, 0.05) is 36.6 Å². The van der Waals surface area contributed by atoms with E-state index >= 15 is 0 Å². The molecule has 4 rings (SSSR count). The number of aryl methyl sites for hydroxylation is 1. The van der Waals surface area contributed by atoms with Gasteiger partial charge in [-0.2, -0.15) is 4.99 Å². The van der Waals surface area contributed by atoms with E-state index in [1.807, 2.05) is 29.8 Å². The summed E-state index contributed by atoms with van der Waals surface area (Å²) in [6.45, 7) is 5.02. The van der Waals surface area contributed by atoms with Gasteiger partial charge in [-0.1, -0.05) is 32.3 Å². The Kier molecular flexibility index (Phi) is 14.6. The minimum Gasteiger partial charge on any atom is -0.466 e. The maximum absolute atomic E-state index is 13.6. The molecule has 0 radical (unpaired) electrons. The summed E-state index contributed by atoms with van der Waals surface area (Å²) in [7, 11) is 1.91. The molecule has 2 heterocycles. The highest BCUT2D eigenvalue weighted by Gasteiger charge is 2.21. The Morgan fingerprint density at radius 1 is 0.979 bits per heavy atom. The van der Waals surface area contributed by atoms with Crippen LogP contribution in [0.3, 0.4) is 0 Å². The van der Waals surface area contributed by atoms with E-state index in [0.717, 1.165) is 42.7 Å². The van der Waals surface area contributed by atoms with Crippen LogP contribution in [0.25, 0.3) is 11.0 Å². The molecule has 3 N–H and O–H groups in total. The van der Waals surface area contributed by atoms with E-state index in [1.165, 1.54) is 4.90 Å². The summed E-state index contributed by atoms with van der Waals surface area (Å²) in [5, 5.41) is 3.35. The van der Waals surface area contributed by atoms with E-state index in [-0.39, 0.29) is 61.3 Å². The predicted octanol–water partition coefficient (Wildman–Crippen LogP) is 6.22. The topological polar surface area (TPSA) is 154 Å². The highest BCUT2D eigenvalue weighted by atomic mass is 127. The van der Waals surface area contributed by atoms with E-state index in [2.05, 4.69) is 22.2 Å². The molecule has 0 aliphatic rings. The van der Waals surface area contributed by atoms with E-state index in [9.17, 15) is 14.4 Å². The Labute approximate surface area is 291 Å². The Morgan fingerprint density at radius 3 is 2.45 bits per heavy atom. The van der Waals surface area contributed by atoms with Gasteiger partial charge in [-0.15, -0.1) is 24.0 Å². The van der Waals surface area contributed by atoms with Crippen molar-refractivity contribution in [3.05, 3.63) is 83.8 Å². The second-order valence-corrected chi connectivity index (χ2v) is 10.6. The number of ether oxygens (including phenoxy) is 2. The normalized spacial score (nSPS) is 11.1. The van der Waals surface area contributed by atoms with Crippen LogP contribution in [0.15, 0.2) is 71.9 Å². The number of amidine groups is 1. The lowest BCUT2D eigenvalue weighted by molar-refractivity contribution is -0.142. The first kappa shape index (κ1) is 36.9. The number of pyridine rings is 1. The van der Waals surface area contributed by atoms with Crippen molar-refractivity contribution in [2.45, 2.75) is 52.5 Å². The third kappa shape index (κ3) is 10.5. The van der Waals surface area contributed by atoms with Gasteiger partial charge in [0.05, 0.1) is 37.2 Å². The number of aliphatic imine (C=N–C) groups is 1. The number of anilines is 2. The highest BCUT2D eigenvalue weighted by molar-refractivity contribution is 14.0. The maximum atomic E-state index is 13.6. The molecular formula is C34H42IN7O5. The average molecular weight is 756 g/mol. The van der Waals surface area contributed by atoms with Crippen molar-refractivity contribution in [1.29, 1.82) is 0 Å². The molecule has 47 heavy (non-hydrogen) atoms. The lowest BCUT2D eigenvalue weighted by Gasteiger charge is -2.21. The Bertz CT molecular complexity index is 1660. The zero-order chi connectivity index (χ0) is 32.9. The number of hydrogen-bond acceptors (Lipinski definition) is 8. The molecule has 0 aliphatic heterocycles. The maximum Gasteiger partial charge on any atom is 0.435 e. The van der Waals surface area contributed by atoms with Gasteiger partial charge in [0.25, 0.3) is 5.91 Å². The molecule has 13 heteroatoms. The number of amides is 2. The lowest BCUT2D eigenvalue weighted by atomic mass is 10.1. The van der Waals surface area contributed by atoms with Crippen LogP contribution in [-0.4, -0.2) is 58.1 Å². The van der Waals surface area contributed by atoms with Gasteiger partial charge >= 0.3 is 12.1 Å². The highest BCUT2D eigenvalue weighted by Crippen LogP contribution is 2.21. The summed E-state index contributed by atoms with van der Waals surface area (Å²) in [4.78, 5) is 52.0. The number of hydrogen-bond donors (Lipinski definition) is 2. The molecule has 0 atom stereocenters. The third-order valence-electron chi connectivity index (χ3n) is 7.30. The second-order valence-electron chi connectivity index (χ2n) is 10.6. The molecule has 0 aliphatic carbocycles. The average Bonchev–Trinajstić information content (AvgIpc) is 3.38. The van der Waals surface area contributed by atoms with Crippen LogP contribution in [0, 0.1) is 0 Å². The minimum atomic E-state index is -0.691. The Balaban J connectivity index is 0.00000600. The number of benzene rings is 2. The molecule has 0 spiro atoms. The van der Waals surface area contributed by atoms with Gasteiger partial charge < -0.3 is 25.1 Å². The van der Waals surface area contributed by atoms with Crippen molar-refractivity contribution in [1.82, 2.24) is 14.5 Å². The van der Waals surface area contributed by atoms with Crippen LogP contribution < -0.4 is 16.0 Å². The number of aromatic nitrogens is 3. The van der Waals surface area contributed by atoms with Crippen LogP contribution in [0.2, 0.25) is 0 Å². The summed E-state index contributed by atoms with van der Waals surface area (Å²) < 4.78 is 12.1. The molecule has 2 amide bonds. The van der Waals surface area contributed by atoms with Gasteiger partial charge in [0.15, 0.2) is 0 Å². The smallest absolute Gasteiger partial charge is 0.435 e. The van der Waals surface area contributed by atoms with E-state index in [4.69, 9.17) is 20.2 Å². The summed E-state index contributed by atoms with van der Waals surface area (Å²) >= 11 is 0. The van der Waals surface area contributed by atoms with Crippen LogP contribution in [0.1, 0.15) is 67.7 Å². The number of unbranched alkanes of at least 4 members (excludes halogenated alkanes) is 3. The fourth-order valence-electron chi connectivity index (χ4n) is 4.79. The number of carbonyl (C=O) groups excluding carboxylic acids is 3. The molecule has 12 nitrogen and oxygen atoms in total. The summed E-state index contributed by atoms with van der Waals surface area (Å²) in [5.41, 5.74) is 9.40. The van der Waals surface area contributed by atoms with Crippen LogP contribution in [0.5, 0.6) is 0 Å². The quantitative estimate of drug-likeness (QED) is 0.0473. The first-order valence-electron chi connectivity index (χ1n) is 15.5. The zero-order valence-corrected chi connectivity index (χ0v) is 29.3. The van der Waals surface area contributed by atoms with Crippen molar-refractivity contribution in [3.8, 4) is 0 Å². The molecule has 0 fully saturated rings. The fraction of sp³-hybridized carbons (Fsp3) is 0.353. The monoisotopic (exact) mass is 755 g/mol.